The number of pyridine rings is 2. The molecule has 3 heterocycles. The van der Waals surface area contributed by atoms with Crippen LogP contribution >= 0.6 is 0 Å². The van der Waals surface area contributed by atoms with Crippen LogP contribution < -0.4 is 10.1 Å². The van der Waals surface area contributed by atoms with Gasteiger partial charge in [0.05, 0.1) is 17.2 Å². The Morgan fingerprint density at radius 3 is 2.76 bits per heavy atom. The van der Waals surface area contributed by atoms with Crippen LogP contribution in [0.1, 0.15) is 46.6 Å². The van der Waals surface area contributed by atoms with Crippen LogP contribution in [0.2, 0.25) is 0 Å². The van der Waals surface area contributed by atoms with Crippen LogP contribution in [0, 0.1) is 13.8 Å². The van der Waals surface area contributed by atoms with E-state index in [9.17, 15) is 18.7 Å². The summed E-state index contributed by atoms with van der Waals surface area (Å²) in [5.74, 6) is -2.92. The first kappa shape index (κ1) is 22.8. The molecular formula is C23H24F2N4O4. The first-order valence-corrected chi connectivity index (χ1v) is 10.6. The molecule has 3 aromatic heterocycles. The quantitative estimate of drug-likeness (QED) is 0.581. The Balaban J connectivity index is 1.39. The van der Waals surface area contributed by atoms with Crippen LogP contribution in [0.3, 0.4) is 0 Å². The SMILES string of the molecule is Cc1ccc(-c2noc(C)c2COc2ccc(C(=O)NC3CCCC(F)(F)[C@@H]3O)cn2)cn1. The fourth-order valence-corrected chi connectivity index (χ4v) is 3.70. The molecule has 4 rings (SSSR count). The molecule has 8 nitrogen and oxygen atoms in total. The number of carbonyl (C=O) groups is 1. The van der Waals surface area contributed by atoms with Crippen LogP contribution in [0.25, 0.3) is 11.3 Å². The number of aryl methyl sites for hydroxylation is 2. The Kier molecular flexibility index (Phi) is 6.37. The van der Waals surface area contributed by atoms with Gasteiger partial charge in [0, 0.05) is 36.1 Å². The van der Waals surface area contributed by atoms with Crippen molar-refractivity contribution < 1.29 is 27.9 Å². The highest BCUT2D eigenvalue weighted by atomic mass is 19.3. The highest BCUT2D eigenvalue weighted by molar-refractivity contribution is 5.94. The molecule has 1 aliphatic rings. The second kappa shape index (κ2) is 9.22. The molecule has 1 aliphatic carbocycles. The maximum atomic E-state index is 13.7. The minimum atomic E-state index is -3.21. The van der Waals surface area contributed by atoms with E-state index in [-0.39, 0.29) is 37.3 Å². The lowest BCUT2D eigenvalue weighted by Crippen LogP contribution is -2.54. The van der Waals surface area contributed by atoms with E-state index < -0.39 is 24.0 Å². The van der Waals surface area contributed by atoms with Gasteiger partial charge in [-0.15, -0.1) is 0 Å². The fraction of sp³-hybridized carbons (Fsp3) is 0.391. The maximum absolute atomic E-state index is 13.7. The zero-order valence-electron chi connectivity index (χ0n) is 18.2. The Morgan fingerprint density at radius 2 is 2.06 bits per heavy atom. The molecule has 1 fully saturated rings. The van der Waals surface area contributed by atoms with Gasteiger partial charge in [0.2, 0.25) is 5.88 Å². The molecule has 2 atom stereocenters. The molecule has 0 aliphatic heterocycles. The van der Waals surface area contributed by atoms with Gasteiger partial charge in [-0.1, -0.05) is 5.16 Å². The number of aliphatic hydroxyl groups is 1. The van der Waals surface area contributed by atoms with Crippen LogP contribution in [-0.2, 0) is 6.61 Å². The van der Waals surface area contributed by atoms with Gasteiger partial charge >= 0.3 is 0 Å². The molecule has 0 spiro atoms. The molecule has 1 unspecified atom stereocenters. The number of hydrogen-bond acceptors (Lipinski definition) is 7. The van der Waals surface area contributed by atoms with Gasteiger partial charge in [0.15, 0.2) is 0 Å². The number of ether oxygens (including phenoxy) is 1. The van der Waals surface area contributed by atoms with E-state index in [1.807, 2.05) is 19.1 Å². The van der Waals surface area contributed by atoms with E-state index in [1.165, 1.54) is 18.3 Å². The van der Waals surface area contributed by atoms with Crippen LogP contribution in [-0.4, -0.2) is 44.2 Å². The zero-order valence-corrected chi connectivity index (χ0v) is 18.2. The summed E-state index contributed by atoms with van der Waals surface area (Å²) in [6.07, 6.45) is 1.22. The molecule has 0 radical (unpaired) electrons. The number of aromatic nitrogens is 3. The van der Waals surface area contributed by atoms with Gasteiger partial charge in [-0.05, 0) is 44.9 Å². The Bertz CT molecular complexity index is 1120. The van der Waals surface area contributed by atoms with Crippen molar-refractivity contribution >= 4 is 5.91 Å². The van der Waals surface area contributed by atoms with Crippen LogP contribution in [0.15, 0.2) is 41.2 Å². The molecule has 2 N–H and O–H groups in total. The Hall–Kier alpha value is -3.40. The summed E-state index contributed by atoms with van der Waals surface area (Å²) in [4.78, 5) is 20.8. The van der Waals surface area contributed by atoms with Crippen molar-refractivity contribution in [3.05, 3.63) is 59.2 Å². The predicted molar refractivity (Wildman–Crippen MR) is 114 cm³/mol. The van der Waals surface area contributed by atoms with Gasteiger partial charge in [0.1, 0.15) is 24.2 Å². The summed E-state index contributed by atoms with van der Waals surface area (Å²) in [6, 6.07) is 5.76. The summed E-state index contributed by atoms with van der Waals surface area (Å²) >= 11 is 0. The largest absolute Gasteiger partial charge is 0.473 e. The lowest BCUT2D eigenvalue weighted by atomic mass is 9.89. The molecule has 0 aromatic carbocycles. The van der Waals surface area contributed by atoms with Crippen molar-refractivity contribution in [2.45, 2.75) is 57.8 Å². The minimum Gasteiger partial charge on any atom is -0.473 e. The van der Waals surface area contributed by atoms with E-state index in [2.05, 4.69) is 20.4 Å². The number of rotatable bonds is 6. The lowest BCUT2D eigenvalue weighted by molar-refractivity contribution is -0.141. The molecular weight excluding hydrogens is 434 g/mol. The Morgan fingerprint density at radius 1 is 1.24 bits per heavy atom. The van der Waals surface area contributed by atoms with Crippen molar-refractivity contribution in [3.8, 4) is 17.1 Å². The first-order chi connectivity index (χ1) is 15.7. The van der Waals surface area contributed by atoms with Gasteiger partial charge in [-0.3, -0.25) is 9.78 Å². The highest BCUT2D eigenvalue weighted by Gasteiger charge is 2.46. The average molecular weight is 458 g/mol. The summed E-state index contributed by atoms with van der Waals surface area (Å²) < 4.78 is 38.4. The second-order valence-electron chi connectivity index (χ2n) is 8.11. The predicted octanol–water partition coefficient (Wildman–Crippen LogP) is 3.61. The standard InChI is InChI=1S/C23H24F2N4O4/c1-13-5-6-15(10-26-13)20-17(14(2)33-29-20)12-32-19-8-7-16(11-27-19)22(31)28-18-4-3-9-23(24,25)21(18)30/h5-8,10-11,18,21,30H,3-4,9,12H2,1-2H3,(H,28,31)/t18?,21-/m1/s1. The maximum Gasteiger partial charge on any atom is 0.275 e. The van der Waals surface area contributed by atoms with E-state index in [0.29, 0.717) is 11.5 Å². The number of amides is 1. The van der Waals surface area contributed by atoms with Crippen molar-refractivity contribution in [3.63, 3.8) is 0 Å². The molecule has 10 heteroatoms. The zero-order chi connectivity index (χ0) is 23.6. The number of aliphatic hydroxyl groups excluding tert-OH is 1. The van der Waals surface area contributed by atoms with E-state index >= 15 is 0 Å². The van der Waals surface area contributed by atoms with E-state index in [1.54, 1.807) is 13.1 Å². The molecule has 1 amide bonds. The van der Waals surface area contributed by atoms with Gasteiger partial charge in [-0.25, -0.2) is 13.8 Å². The summed E-state index contributed by atoms with van der Waals surface area (Å²) in [7, 11) is 0. The topological polar surface area (TPSA) is 110 Å². The number of nitrogens with zero attached hydrogens (tertiary/aromatic N) is 3. The van der Waals surface area contributed by atoms with E-state index in [4.69, 9.17) is 9.26 Å². The third-order valence-electron chi connectivity index (χ3n) is 5.69. The molecule has 1 saturated carbocycles. The second-order valence-corrected chi connectivity index (χ2v) is 8.11. The number of alkyl halides is 2. The number of halogens is 2. The van der Waals surface area contributed by atoms with Gasteiger partial charge in [-0.2, -0.15) is 0 Å². The normalized spacial score (nSPS) is 19.8. The average Bonchev–Trinajstić information content (AvgIpc) is 3.16. The van der Waals surface area contributed by atoms with Crippen molar-refractivity contribution in [1.29, 1.82) is 0 Å². The number of nitrogens with one attached hydrogen (secondary N) is 1. The smallest absolute Gasteiger partial charge is 0.275 e. The molecule has 0 saturated heterocycles. The lowest BCUT2D eigenvalue weighted by Gasteiger charge is -2.34. The van der Waals surface area contributed by atoms with E-state index in [0.717, 1.165) is 16.8 Å². The number of hydrogen-bond donors (Lipinski definition) is 2. The van der Waals surface area contributed by atoms with Crippen molar-refractivity contribution in [1.82, 2.24) is 20.4 Å². The monoisotopic (exact) mass is 458 g/mol. The first-order valence-electron chi connectivity index (χ1n) is 10.6. The van der Waals surface area contributed by atoms with Crippen LogP contribution in [0.4, 0.5) is 8.78 Å². The summed E-state index contributed by atoms with van der Waals surface area (Å²) in [5.41, 5.74) is 3.23. The minimum absolute atomic E-state index is 0.139. The molecule has 33 heavy (non-hydrogen) atoms. The van der Waals surface area contributed by atoms with Gasteiger partial charge in [0.25, 0.3) is 11.8 Å². The molecule has 174 valence electrons. The molecule has 0 bridgehead atoms. The van der Waals surface area contributed by atoms with Crippen molar-refractivity contribution in [2.75, 3.05) is 0 Å². The van der Waals surface area contributed by atoms with Gasteiger partial charge < -0.3 is 19.7 Å². The third kappa shape index (κ3) is 5.00. The third-order valence-corrected chi connectivity index (χ3v) is 5.69. The van der Waals surface area contributed by atoms with Crippen LogP contribution in [0.5, 0.6) is 5.88 Å². The summed E-state index contributed by atoms with van der Waals surface area (Å²) in [6.45, 7) is 3.81. The van der Waals surface area contributed by atoms with Crippen molar-refractivity contribution in [2.24, 2.45) is 0 Å². The summed E-state index contributed by atoms with van der Waals surface area (Å²) in [5, 5.41) is 16.4. The fourth-order valence-electron chi connectivity index (χ4n) is 3.70. The highest BCUT2D eigenvalue weighted by Crippen LogP contribution is 2.33. The Labute approximate surface area is 189 Å². The molecule has 3 aromatic rings. The number of carbonyl (C=O) groups excluding carboxylic acids is 1.